The standard InChI is InChI=1S/C13H11F2N3O3S/c14-11-5-4-10(7-12(11)15)22(20,21)18-9-3-1-2-8(6-9)17-13(16)19/h1-7,18H,(H3,16,17,19). The van der Waals surface area contributed by atoms with Crippen LogP contribution in [0.15, 0.2) is 47.4 Å². The van der Waals surface area contributed by atoms with Crippen LogP contribution in [0.25, 0.3) is 0 Å². The molecule has 2 aromatic rings. The van der Waals surface area contributed by atoms with Gasteiger partial charge in [0.15, 0.2) is 11.6 Å². The van der Waals surface area contributed by atoms with Crippen molar-refractivity contribution < 1.29 is 22.0 Å². The maximum atomic E-state index is 13.1. The van der Waals surface area contributed by atoms with E-state index in [0.29, 0.717) is 6.07 Å². The highest BCUT2D eigenvalue weighted by Gasteiger charge is 2.16. The van der Waals surface area contributed by atoms with Crippen LogP contribution >= 0.6 is 0 Å². The van der Waals surface area contributed by atoms with Crippen LogP contribution in [0.4, 0.5) is 25.0 Å². The number of halogens is 2. The molecule has 6 nitrogen and oxygen atoms in total. The minimum Gasteiger partial charge on any atom is -0.351 e. The van der Waals surface area contributed by atoms with Crippen LogP contribution in [0, 0.1) is 11.6 Å². The molecule has 0 aliphatic heterocycles. The monoisotopic (exact) mass is 327 g/mol. The Morgan fingerprint density at radius 3 is 2.32 bits per heavy atom. The SMILES string of the molecule is NC(=O)Nc1cccc(NS(=O)(=O)c2ccc(F)c(F)c2)c1. The number of hydrogen-bond acceptors (Lipinski definition) is 3. The van der Waals surface area contributed by atoms with Gasteiger partial charge in [-0.15, -0.1) is 0 Å². The molecule has 2 aromatic carbocycles. The van der Waals surface area contributed by atoms with E-state index >= 15 is 0 Å². The number of sulfonamides is 1. The Balaban J connectivity index is 2.28. The van der Waals surface area contributed by atoms with Crippen LogP contribution in [0.5, 0.6) is 0 Å². The van der Waals surface area contributed by atoms with Gasteiger partial charge < -0.3 is 11.1 Å². The summed E-state index contributed by atoms with van der Waals surface area (Å²) in [6.45, 7) is 0. The molecule has 0 saturated heterocycles. The summed E-state index contributed by atoms with van der Waals surface area (Å²) in [7, 11) is -4.10. The van der Waals surface area contributed by atoms with Gasteiger partial charge in [0.05, 0.1) is 10.6 Å². The molecule has 0 saturated carbocycles. The summed E-state index contributed by atoms with van der Waals surface area (Å²) in [5.41, 5.74) is 5.35. The highest BCUT2D eigenvalue weighted by Crippen LogP contribution is 2.20. The zero-order chi connectivity index (χ0) is 16.3. The first-order valence-corrected chi connectivity index (χ1v) is 7.40. The Hall–Kier alpha value is -2.68. The number of hydrogen-bond donors (Lipinski definition) is 3. The lowest BCUT2D eigenvalue weighted by molar-refractivity contribution is 0.259. The second-order valence-corrected chi connectivity index (χ2v) is 5.93. The molecule has 0 aromatic heterocycles. The average Bonchev–Trinajstić information content (AvgIpc) is 2.40. The lowest BCUT2D eigenvalue weighted by atomic mass is 10.3. The van der Waals surface area contributed by atoms with Gasteiger partial charge in [0.2, 0.25) is 0 Å². The van der Waals surface area contributed by atoms with Crippen LogP contribution in [0.1, 0.15) is 0 Å². The molecule has 0 atom stereocenters. The molecule has 0 heterocycles. The Kier molecular flexibility index (Phi) is 4.27. The van der Waals surface area contributed by atoms with E-state index in [2.05, 4.69) is 10.0 Å². The number of rotatable bonds is 4. The fourth-order valence-corrected chi connectivity index (χ4v) is 2.72. The third-order valence-electron chi connectivity index (χ3n) is 2.58. The van der Waals surface area contributed by atoms with Gasteiger partial charge in [-0.3, -0.25) is 4.72 Å². The number of nitrogens with two attached hydrogens (primary N) is 1. The molecule has 22 heavy (non-hydrogen) atoms. The summed E-state index contributed by atoms with van der Waals surface area (Å²) in [6, 6.07) is 7.14. The number of anilines is 2. The van der Waals surface area contributed by atoms with Crippen molar-refractivity contribution in [1.29, 1.82) is 0 Å². The maximum Gasteiger partial charge on any atom is 0.316 e. The summed E-state index contributed by atoms with van der Waals surface area (Å²) in [5, 5.41) is 2.28. The number of amides is 2. The Bertz CT molecular complexity index is 825. The number of carbonyl (C=O) groups excluding carboxylic acids is 1. The molecule has 4 N–H and O–H groups in total. The van der Waals surface area contributed by atoms with E-state index in [1.807, 2.05) is 0 Å². The molecule has 0 radical (unpaired) electrons. The van der Waals surface area contributed by atoms with Crippen molar-refractivity contribution in [1.82, 2.24) is 0 Å². The molecule has 0 aliphatic carbocycles. The van der Waals surface area contributed by atoms with Crippen LogP contribution in [-0.2, 0) is 10.0 Å². The highest BCUT2D eigenvalue weighted by atomic mass is 32.2. The fraction of sp³-hybridized carbons (Fsp3) is 0. The Labute approximate surface area is 125 Å². The summed E-state index contributed by atoms with van der Waals surface area (Å²) >= 11 is 0. The van der Waals surface area contributed by atoms with Gasteiger partial charge in [-0.2, -0.15) is 0 Å². The number of primary amides is 1. The minimum atomic E-state index is -4.10. The molecule has 2 amide bonds. The van der Waals surface area contributed by atoms with Crippen molar-refractivity contribution >= 4 is 27.4 Å². The fourth-order valence-electron chi connectivity index (χ4n) is 1.66. The molecule has 0 bridgehead atoms. The van der Waals surface area contributed by atoms with E-state index in [9.17, 15) is 22.0 Å². The van der Waals surface area contributed by atoms with Gasteiger partial charge in [-0.05, 0) is 36.4 Å². The van der Waals surface area contributed by atoms with E-state index in [4.69, 9.17) is 5.73 Å². The van der Waals surface area contributed by atoms with Gasteiger partial charge in [-0.1, -0.05) is 6.07 Å². The summed E-state index contributed by atoms with van der Waals surface area (Å²) in [6.07, 6.45) is 0. The van der Waals surface area contributed by atoms with Crippen LogP contribution in [-0.4, -0.2) is 14.4 Å². The van der Waals surface area contributed by atoms with Gasteiger partial charge in [-0.25, -0.2) is 22.0 Å². The predicted octanol–water partition coefficient (Wildman–Crippen LogP) is 2.26. The van der Waals surface area contributed by atoms with Gasteiger partial charge in [0, 0.05) is 5.69 Å². The van der Waals surface area contributed by atoms with E-state index in [-0.39, 0.29) is 11.4 Å². The Morgan fingerprint density at radius 1 is 1.00 bits per heavy atom. The number of nitrogens with one attached hydrogen (secondary N) is 2. The van der Waals surface area contributed by atoms with E-state index < -0.39 is 32.6 Å². The molecule has 9 heteroatoms. The number of urea groups is 1. The van der Waals surface area contributed by atoms with Gasteiger partial charge >= 0.3 is 6.03 Å². The van der Waals surface area contributed by atoms with Gasteiger partial charge in [0.25, 0.3) is 10.0 Å². The zero-order valence-corrected chi connectivity index (χ0v) is 11.8. The van der Waals surface area contributed by atoms with Crippen molar-refractivity contribution in [2.24, 2.45) is 5.73 Å². The van der Waals surface area contributed by atoms with Crippen molar-refractivity contribution in [2.75, 3.05) is 10.0 Å². The molecular weight excluding hydrogens is 316 g/mol. The number of carbonyl (C=O) groups is 1. The molecular formula is C13H11F2N3O3S. The van der Waals surface area contributed by atoms with Crippen LogP contribution < -0.4 is 15.8 Å². The Morgan fingerprint density at radius 2 is 1.68 bits per heavy atom. The van der Waals surface area contributed by atoms with Crippen LogP contribution in [0.3, 0.4) is 0 Å². The quantitative estimate of drug-likeness (QED) is 0.802. The van der Waals surface area contributed by atoms with Gasteiger partial charge in [0.1, 0.15) is 0 Å². The summed E-state index contributed by atoms with van der Waals surface area (Å²) in [5.74, 6) is -2.42. The first kappa shape index (κ1) is 15.7. The van der Waals surface area contributed by atoms with E-state index in [1.165, 1.54) is 24.3 Å². The first-order chi connectivity index (χ1) is 10.3. The van der Waals surface area contributed by atoms with Crippen molar-refractivity contribution in [3.05, 3.63) is 54.1 Å². The molecule has 0 fully saturated rings. The second kappa shape index (κ2) is 5.98. The zero-order valence-electron chi connectivity index (χ0n) is 11.0. The van der Waals surface area contributed by atoms with Crippen LogP contribution in [0.2, 0.25) is 0 Å². The summed E-state index contributed by atoms with van der Waals surface area (Å²) in [4.78, 5) is 10.3. The second-order valence-electron chi connectivity index (χ2n) is 4.25. The first-order valence-electron chi connectivity index (χ1n) is 5.92. The maximum absolute atomic E-state index is 13.1. The molecule has 0 aliphatic rings. The van der Waals surface area contributed by atoms with E-state index in [1.54, 1.807) is 0 Å². The molecule has 116 valence electrons. The topological polar surface area (TPSA) is 101 Å². The lowest BCUT2D eigenvalue weighted by Gasteiger charge is -2.10. The lowest BCUT2D eigenvalue weighted by Crippen LogP contribution is -2.19. The minimum absolute atomic E-state index is 0.121. The molecule has 2 rings (SSSR count). The third kappa shape index (κ3) is 3.70. The van der Waals surface area contributed by atoms with Crippen molar-refractivity contribution in [3.63, 3.8) is 0 Å². The van der Waals surface area contributed by atoms with Crippen molar-refractivity contribution in [3.8, 4) is 0 Å². The van der Waals surface area contributed by atoms with E-state index in [0.717, 1.165) is 12.1 Å². The highest BCUT2D eigenvalue weighted by molar-refractivity contribution is 7.92. The normalized spacial score (nSPS) is 11.0. The van der Waals surface area contributed by atoms with Crippen molar-refractivity contribution in [2.45, 2.75) is 4.90 Å². The average molecular weight is 327 g/mol. The molecule has 0 spiro atoms. The smallest absolute Gasteiger partial charge is 0.316 e. The predicted molar refractivity (Wildman–Crippen MR) is 76.8 cm³/mol. The number of benzene rings is 2. The molecule has 0 unspecified atom stereocenters. The largest absolute Gasteiger partial charge is 0.351 e. The summed E-state index contributed by atoms with van der Waals surface area (Å²) < 4.78 is 52.3. The third-order valence-corrected chi connectivity index (χ3v) is 3.96.